The van der Waals surface area contributed by atoms with E-state index in [1.165, 1.54) is 7.05 Å². The highest BCUT2D eigenvalue weighted by molar-refractivity contribution is 6.21. The minimum Gasteiger partial charge on any atom is -0.336 e. The van der Waals surface area contributed by atoms with Crippen LogP contribution in [0.15, 0.2) is 18.2 Å². The van der Waals surface area contributed by atoms with Crippen LogP contribution >= 0.6 is 0 Å². The van der Waals surface area contributed by atoms with Crippen molar-refractivity contribution in [3.05, 3.63) is 34.9 Å². The van der Waals surface area contributed by atoms with Crippen molar-refractivity contribution in [1.29, 1.82) is 0 Å². The van der Waals surface area contributed by atoms with Gasteiger partial charge in [-0.15, -0.1) is 0 Å². The van der Waals surface area contributed by atoms with Crippen molar-refractivity contribution in [2.24, 2.45) is 0 Å². The Labute approximate surface area is 129 Å². The zero-order valence-electron chi connectivity index (χ0n) is 13.0. The number of hydrogen-bond acceptors (Lipinski definition) is 3. The van der Waals surface area contributed by atoms with E-state index in [0.717, 1.165) is 37.1 Å². The first kappa shape index (κ1) is 14.8. The van der Waals surface area contributed by atoms with E-state index in [2.05, 4.69) is 6.92 Å². The lowest BCUT2D eigenvalue weighted by atomic mass is 9.98. The summed E-state index contributed by atoms with van der Waals surface area (Å²) in [7, 11) is 1.46. The van der Waals surface area contributed by atoms with Gasteiger partial charge in [0.25, 0.3) is 17.7 Å². The normalized spacial score (nSPS) is 21.3. The summed E-state index contributed by atoms with van der Waals surface area (Å²) in [5.74, 6) is -0.673. The number of likely N-dealkylation sites (tertiary alicyclic amines) is 1. The molecule has 2 aliphatic heterocycles. The average molecular weight is 300 g/mol. The second-order valence-corrected chi connectivity index (χ2v) is 5.99. The lowest BCUT2D eigenvalue weighted by Crippen LogP contribution is -2.43. The van der Waals surface area contributed by atoms with Gasteiger partial charge in [0.15, 0.2) is 0 Å². The maximum absolute atomic E-state index is 12.8. The predicted molar refractivity (Wildman–Crippen MR) is 81.8 cm³/mol. The molecule has 0 aromatic heterocycles. The molecule has 2 heterocycles. The van der Waals surface area contributed by atoms with Gasteiger partial charge < -0.3 is 4.90 Å². The van der Waals surface area contributed by atoms with Crippen molar-refractivity contribution < 1.29 is 14.4 Å². The number of imide groups is 1. The Balaban J connectivity index is 1.92. The lowest BCUT2D eigenvalue weighted by molar-refractivity contribution is 0.0607. The van der Waals surface area contributed by atoms with Crippen LogP contribution in [0.1, 0.15) is 63.7 Å². The van der Waals surface area contributed by atoms with Crippen molar-refractivity contribution in [3.8, 4) is 0 Å². The van der Waals surface area contributed by atoms with Crippen molar-refractivity contribution in [2.75, 3.05) is 13.6 Å². The van der Waals surface area contributed by atoms with E-state index in [4.69, 9.17) is 0 Å². The summed E-state index contributed by atoms with van der Waals surface area (Å²) in [4.78, 5) is 39.7. The number of rotatable bonds is 2. The maximum atomic E-state index is 12.8. The van der Waals surface area contributed by atoms with Crippen LogP contribution in [0.5, 0.6) is 0 Å². The standard InChI is InChI=1S/C17H20N2O3/c1-3-12-6-4-5-9-19(12)15(20)11-7-8-13-14(10-11)17(22)18(2)16(13)21/h7-8,10,12H,3-6,9H2,1-2H3. The molecule has 0 bridgehead atoms. The van der Waals surface area contributed by atoms with Gasteiger partial charge in [0, 0.05) is 25.2 Å². The molecule has 0 N–H and O–H groups in total. The van der Waals surface area contributed by atoms with Crippen molar-refractivity contribution in [1.82, 2.24) is 9.80 Å². The maximum Gasteiger partial charge on any atom is 0.261 e. The minimum atomic E-state index is -0.333. The van der Waals surface area contributed by atoms with E-state index in [9.17, 15) is 14.4 Å². The van der Waals surface area contributed by atoms with E-state index in [0.29, 0.717) is 16.7 Å². The van der Waals surface area contributed by atoms with E-state index in [-0.39, 0.29) is 23.8 Å². The summed E-state index contributed by atoms with van der Waals surface area (Å²) >= 11 is 0. The number of piperidine rings is 1. The van der Waals surface area contributed by atoms with Gasteiger partial charge >= 0.3 is 0 Å². The van der Waals surface area contributed by atoms with Crippen molar-refractivity contribution >= 4 is 17.7 Å². The number of nitrogens with zero attached hydrogens (tertiary/aromatic N) is 2. The molecule has 2 aliphatic rings. The molecule has 1 aromatic rings. The Hall–Kier alpha value is -2.17. The first-order chi connectivity index (χ1) is 10.5. The Morgan fingerprint density at radius 1 is 1.18 bits per heavy atom. The minimum absolute atomic E-state index is 0.0378. The van der Waals surface area contributed by atoms with Gasteiger partial charge in [0.05, 0.1) is 11.1 Å². The highest BCUT2D eigenvalue weighted by Gasteiger charge is 2.34. The Morgan fingerprint density at radius 3 is 2.64 bits per heavy atom. The molecule has 1 unspecified atom stereocenters. The largest absolute Gasteiger partial charge is 0.336 e. The molecule has 3 amide bonds. The summed E-state index contributed by atoms with van der Waals surface area (Å²) in [5.41, 5.74) is 1.22. The topological polar surface area (TPSA) is 57.7 Å². The predicted octanol–water partition coefficient (Wildman–Crippen LogP) is 2.32. The highest BCUT2D eigenvalue weighted by Crippen LogP contribution is 2.26. The van der Waals surface area contributed by atoms with E-state index in [1.807, 2.05) is 4.90 Å². The van der Waals surface area contributed by atoms with Crippen LogP contribution in [0.3, 0.4) is 0 Å². The second-order valence-electron chi connectivity index (χ2n) is 5.99. The lowest BCUT2D eigenvalue weighted by Gasteiger charge is -2.35. The summed E-state index contributed by atoms with van der Waals surface area (Å²) in [6, 6.07) is 5.10. The number of benzene rings is 1. The van der Waals surface area contributed by atoms with Crippen molar-refractivity contribution in [3.63, 3.8) is 0 Å². The van der Waals surface area contributed by atoms with E-state index < -0.39 is 0 Å². The zero-order chi connectivity index (χ0) is 15.9. The zero-order valence-corrected chi connectivity index (χ0v) is 13.0. The van der Waals surface area contributed by atoms with Crippen LogP contribution in [0, 0.1) is 0 Å². The third-order valence-electron chi connectivity index (χ3n) is 4.70. The van der Waals surface area contributed by atoms with E-state index >= 15 is 0 Å². The molecule has 0 radical (unpaired) electrons. The monoisotopic (exact) mass is 300 g/mol. The summed E-state index contributed by atoms with van der Waals surface area (Å²) < 4.78 is 0. The highest BCUT2D eigenvalue weighted by atomic mass is 16.2. The summed E-state index contributed by atoms with van der Waals surface area (Å²) in [6.45, 7) is 2.86. The summed E-state index contributed by atoms with van der Waals surface area (Å²) in [5, 5.41) is 0. The van der Waals surface area contributed by atoms with Crippen LogP contribution in [-0.2, 0) is 0 Å². The van der Waals surface area contributed by atoms with Gasteiger partial charge in [-0.25, -0.2) is 0 Å². The van der Waals surface area contributed by atoms with Crippen LogP contribution < -0.4 is 0 Å². The van der Waals surface area contributed by atoms with Crippen LogP contribution in [-0.4, -0.2) is 47.2 Å². The molecule has 5 heteroatoms. The second kappa shape index (κ2) is 5.55. The smallest absolute Gasteiger partial charge is 0.261 e. The number of hydrogen-bond donors (Lipinski definition) is 0. The fraction of sp³-hybridized carbons (Fsp3) is 0.471. The van der Waals surface area contributed by atoms with E-state index in [1.54, 1.807) is 18.2 Å². The molecule has 1 fully saturated rings. The van der Waals surface area contributed by atoms with Gasteiger partial charge in [-0.05, 0) is 43.9 Å². The molecule has 5 nitrogen and oxygen atoms in total. The molecule has 3 rings (SSSR count). The molecule has 116 valence electrons. The van der Waals surface area contributed by atoms with Crippen LogP contribution in [0.2, 0.25) is 0 Å². The molecule has 1 atom stereocenters. The fourth-order valence-corrected chi connectivity index (χ4v) is 3.35. The first-order valence-electron chi connectivity index (χ1n) is 7.82. The first-order valence-corrected chi connectivity index (χ1v) is 7.82. The average Bonchev–Trinajstić information content (AvgIpc) is 2.78. The Morgan fingerprint density at radius 2 is 1.91 bits per heavy atom. The number of amides is 3. The molecule has 0 saturated carbocycles. The third kappa shape index (κ3) is 2.21. The quantitative estimate of drug-likeness (QED) is 0.788. The molecule has 0 aliphatic carbocycles. The Kier molecular flexibility index (Phi) is 3.72. The molecule has 1 saturated heterocycles. The third-order valence-corrected chi connectivity index (χ3v) is 4.70. The summed E-state index contributed by atoms with van der Waals surface area (Å²) in [6.07, 6.45) is 4.15. The SMILES string of the molecule is CCC1CCCCN1C(=O)c1ccc2c(c1)C(=O)N(C)C2=O. The number of fused-ring (bicyclic) bond motifs is 1. The molecule has 1 aromatic carbocycles. The molecular weight excluding hydrogens is 280 g/mol. The van der Waals surface area contributed by atoms with Crippen molar-refractivity contribution in [2.45, 2.75) is 38.6 Å². The number of carbonyl (C=O) groups is 3. The van der Waals surface area contributed by atoms with Gasteiger partial charge in [0.1, 0.15) is 0 Å². The van der Waals surface area contributed by atoms with Gasteiger partial charge in [-0.1, -0.05) is 6.92 Å². The molecule has 22 heavy (non-hydrogen) atoms. The van der Waals surface area contributed by atoms with Gasteiger partial charge in [-0.2, -0.15) is 0 Å². The number of carbonyl (C=O) groups excluding carboxylic acids is 3. The van der Waals surface area contributed by atoms with Gasteiger partial charge in [0.2, 0.25) is 0 Å². The molecule has 0 spiro atoms. The fourth-order valence-electron chi connectivity index (χ4n) is 3.35. The van der Waals surface area contributed by atoms with Crippen LogP contribution in [0.25, 0.3) is 0 Å². The Bertz CT molecular complexity index is 653. The molecular formula is C17H20N2O3. The van der Waals surface area contributed by atoms with Gasteiger partial charge in [-0.3, -0.25) is 19.3 Å². The van der Waals surface area contributed by atoms with Crippen LogP contribution in [0.4, 0.5) is 0 Å².